The molecule has 21 heavy (non-hydrogen) atoms. The molecule has 1 aromatic carbocycles. The SMILES string of the molecule is CCC(CC)(CC)NCC(C)C(=O)OCc1ccccc1. The number of nitrogens with one attached hydrogen (secondary N) is 1. The summed E-state index contributed by atoms with van der Waals surface area (Å²) < 4.78 is 5.38. The van der Waals surface area contributed by atoms with Crippen LogP contribution in [0, 0.1) is 5.92 Å². The third kappa shape index (κ3) is 5.50. The van der Waals surface area contributed by atoms with Crippen LogP contribution in [0.25, 0.3) is 0 Å². The van der Waals surface area contributed by atoms with Gasteiger partial charge in [-0.25, -0.2) is 0 Å². The molecule has 3 heteroatoms. The first kappa shape index (κ1) is 17.7. The third-order valence-corrected chi connectivity index (χ3v) is 4.44. The fraction of sp³-hybridized carbons (Fsp3) is 0.611. The molecule has 1 unspecified atom stereocenters. The first-order valence-electron chi connectivity index (χ1n) is 8.02. The van der Waals surface area contributed by atoms with Gasteiger partial charge in [-0.3, -0.25) is 4.79 Å². The lowest BCUT2D eigenvalue weighted by Crippen LogP contribution is -2.46. The molecule has 1 rings (SSSR count). The lowest BCUT2D eigenvalue weighted by atomic mass is 9.89. The van der Waals surface area contributed by atoms with Crippen molar-refractivity contribution in [2.24, 2.45) is 5.92 Å². The van der Waals surface area contributed by atoms with Gasteiger partial charge in [0.25, 0.3) is 0 Å². The molecule has 0 fully saturated rings. The van der Waals surface area contributed by atoms with Gasteiger partial charge in [-0.2, -0.15) is 0 Å². The molecule has 0 aliphatic rings. The Balaban J connectivity index is 2.40. The molecule has 0 amide bonds. The Bertz CT molecular complexity index is 404. The number of carbonyl (C=O) groups is 1. The van der Waals surface area contributed by atoms with E-state index in [-0.39, 0.29) is 17.4 Å². The minimum Gasteiger partial charge on any atom is -0.461 e. The predicted octanol–water partition coefficient (Wildman–Crippen LogP) is 3.92. The highest BCUT2D eigenvalue weighted by atomic mass is 16.5. The van der Waals surface area contributed by atoms with Crippen molar-refractivity contribution in [3.05, 3.63) is 35.9 Å². The number of carbonyl (C=O) groups excluding carboxylic acids is 1. The Kier molecular flexibility index (Phi) is 7.44. The van der Waals surface area contributed by atoms with Crippen LogP contribution >= 0.6 is 0 Å². The fourth-order valence-electron chi connectivity index (χ4n) is 2.45. The molecule has 0 bridgehead atoms. The van der Waals surface area contributed by atoms with E-state index in [9.17, 15) is 4.79 Å². The second kappa shape index (κ2) is 8.83. The number of ether oxygens (including phenoxy) is 1. The lowest BCUT2D eigenvalue weighted by molar-refractivity contribution is -0.149. The van der Waals surface area contributed by atoms with E-state index in [0.29, 0.717) is 13.2 Å². The summed E-state index contributed by atoms with van der Waals surface area (Å²) in [6, 6.07) is 9.79. The van der Waals surface area contributed by atoms with Gasteiger partial charge in [0, 0.05) is 12.1 Å². The molecular weight excluding hydrogens is 262 g/mol. The molecule has 0 aliphatic heterocycles. The number of esters is 1. The van der Waals surface area contributed by atoms with Crippen molar-refractivity contribution in [2.45, 2.75) is 59.1 Å². The highest BCUT2D eigenvalue weighted by Crippen LogP contribution is 2.19. The van der Waals surface area contributed by atoms with Gasteiger partial charge in [0.05, 0.1) is 5.92 Å². The highest BCUT2D eigenvalue weighted by molar-refractivity contribution is 5.72. The molecule has 0 radical (unpaired) electrons. The van der Waals surface area contributed by atoms with Crippen molar-refractivity contribution in [2.75, 3.05) is 6.54 Å². The second-order valence-electron chi connectivity index (χ2n) is 5.72. The van der Waals surface area contributed by atoms with Crippen molar-refractivity contribution in [1.82, 2.24) is 5.32 Å². The molecule has 0 aromatic heterocycles. The van der Waals surface area contributed by atoms with Crippen LogP contribution in [0.2, 0.25) is 0 Å². The van der Waals surface area contributed by atoms with E-state index in [0.717, 1.165) is 24.8 Å². The maximum atomic E-state index is 12.0. The Labute approximate surface area is 129 Å². The molecule has 1 aromatic rings. The van der Waals surface area contributed by atoms with E-state index in [1.54, 1.807) is 0 Å². The van der Waals surface area contributed by atoms with Crippen LogP contribution in [0.5, 0.6) is 0 Å². The van der Waals surface area contributed by atoms with E-state index >= 15 is 0 Å². The van der Waals surface area contributed by atoms with Crippen LogP contribution in [0.15, 0.2) is 30.3 Å². The second-order valence-corrected chi connectivity index (χ2v) is 5.72. The zero-order chi connectivity index (χ0) is 15.7. The van der Waals surface area contributed by atoms with Crippen LogP contribution in [0.4, 0.5) is 0 Å². The predicted molar refractivity (Wildman–Crippen MR) is 87.0 cm³/mol. The average molecular weight is 291 g/mol. The molecule has 3 nitrogen and oxygen atoms in total. The fourth-order valence-corrected chi connectivity index (χ4v) is 2.45. The minimum absolute atomic E-state index is 0.127. The zero-order valence-electron chi connectivity index (χ0n) is 13.8. The highest BCUT2D eigenvalue weighted by Gasteiger charge is 2.25. The zero-order valence-corrected chi connectivity index (χ0v) is 13.8. The van der Waals surface area contributed by atoms with Crippen LogP contribution < -0.4 is 5.32 Å². The van der Waals surface area contributed by atoms with Crippen LogP contribution in [-0.2, 0) is 16.1 Å². The van der Waals surface area contributed by atoms with E-state index in [4.69, 9.17) is 4.74 Å². The van der Waals surface area contributed by atoms with Crippen molar-refractivity contribution in [3.8, 4) is 0 Å². The van der Waals surface area contributed by atoms with E-state index < -0.39 is 0 Å². The van der Waals surface area contributed by atoms with Crippen molar-refractivity contribution < 1.29 is 9.53 Å². The van der Waals surface area contributed by atoms with Gasteiger partial charge in [-0.15, -0.1) is 0 Å². The molecule has 0 saturated carbocycles. The third-order valence-electron chi connectivity index (χ3n) is 4.44. The normalized spacial score (nSPS) is 13.0. The van der Waals surface area contributed by atoms with Gasteiger partial charge >= 0.3 is 5.97 Å². The largest absolute Gasteiger partial charge is 0.461 e. The van der Waals surface area contributed by atoms with Gasteiger partial charge in [0.2, 0.25) is 0 Å². The van der Waals surface area contributed by atoms with Gasteiger partial charge in [-0.05, 0) is 24.8 Å². The number of hydrogen-bond acceptors (Lipinski definition) is 3. The Morgan fingerprint density at radius 1 is 1.14 bits per heavy atom. The maximum Gasteiger partial charge on any atom is 0.310 e. The van der Waals surface area contributed by atoms with E-state index in [1.807, 2.05) is 37.3 Å². The molecule has 1 atom stereocenters. The summed E-state index contributed by atoms with van der Waals surface area (Å²) in [7, 11) is 0. The number of rotatable bonds is 9. The number of benzene rings is 1. The van der Waals surface area contributed by atoms with Crippen LogP contribution in [-0.4, -0.2) is 18.1 Å². The molecule has 0 saturated heterocycles. The molecular formula is C18H29NO2. The number of hydrogen-bond donors (Lipinski definition) is 1. The van der Waals surface area contributed by atoms with E-state index in [1.165, 1.54) is 0 Å². The van der Waals surface area contributed by atoms with Crippen LogP contribution in [0.3, 0.4) is 0 Å². The monoisotopic (exact) mass is 291 g/mol. The van der Waals surface area contributed by atoms with Gasteiger partial charge in [0.15, 0.2) is 0 Å². The topological polar surface area (TPSA) is 38.3 Å². The molecule has 0 heterocycles. The summed E-state index contributed by atoms with van der Waals surface area (Å²) >= 11 is 0. The molecule has 1 N–H and O–H groups in total. The summed E-state index contributed by atoms with van der Waals surface area (Å²) in [5.74, 6) is -0.263. The minimum atomic E-state index is -0.136. The summed E-state index contributed by atoms with van der Waals surface area (Å²) in [6.07, 6.45) is 3.23. The average Bonchev–Trinajstić information content (AvgIpc) is 2.55. The summed E-state index contributed by atoms with van der Waals surface area (Å²) in [5.41, 5.74) is 1.17. The van der Waals surface area contributed by atoms with Crippen molar-refractivity contribution in [1.29, 1.82) is 0 Å². The Morgan fingerprint density at radius 3 is 2.24 bits per heavy atom. The maximum absolute atomic E-state index is 12.0. The molecule has 118 valence electrons. The Hall–Kier alpha value is -1.35. The smallest absolute Gasteiger partial charge is 0.310 e. The first-order valence-corrected chi connectivity index (χ1v) is 8.02. The summed E-state index contributed by atoms with van der Waals surface area (Å²) in [5, 5.41) is 3.56. The standard InChI is InChI=1S/C18H29NO2/c1-5-18(6-2,7-3)19-13-15(4)17(20)21-14-16-11-9-8-10-12-16/h8-12,15,19H,5-7,13-14H2,1-4H3. The van der Waals surface area contributed by atoms with Gasteiger partial charge in [-0.1, -0.05) is 58.0 Å². The molecule has 0 spiro atoms. The molecule has 0 aliphatic carbocycles. The lowest BCUT2D eigenvalue weighted by Gasteiger charge is -2.33. The van der Waals surface area contributed by atoms with Crippen molar-refractivity contribution >= 4 is 5.97 Å². The van der Waals surface area contributed by atoms with E-state index in [2.05, 4.69) is 26.1 Å². The van der Waals surface area contributed by atoms with Gasteiger partial charge in [0.1, 0.15) is 6.61 Å². The quantitative estimate of drug-likeness (QED) is 0.701. The Morgan fingerprint density at radius 2 is 1.71 bits per heavy atom. The van der Waals surface area contributed by atoms with Crippen LogP contribution in [0.1, 0.15) is 52.5 Å². The summed E-state index contributed by atoms with van der Waals surface area (Å²) in [6.45, 7) is 9.52. The summed E-state index contributed by atoms with van der Waals surface area (Å²) in [4.78, 5) is 12.0. The van der Waals surface area contributed by atoms with Gasteiger partial charge < -0.3 is 10.1 Å². The first-order chi connectivity index (χ1) is 10.1. The van der Waals surface area contributed by atoms with Crippen molar-refractivity contribution in [3.63, 3.8) is 0 Å².